The number of hydrogen-bond donors (Lipinski definition) is 1. The van der Waals surface area contributed by atoms with Crippen LogP contribution in [0.3, 0.4) is 0 Å². The Hall–Kier alpha value is -1.55. The molecule has 120 valence electrons. The Labute approximate surface area is 132 Å². The van der Waals surface area contributed by atoms with E-state index in [1.165, 1.54) is 5.56 Å². The number of ether oxygens (including phenoxy) is 1. The highest BCUT2D eigenvalue weighted by atomic mass is 16.5. The summed E-state index contributed by atoms with van der Waals surface area (Å²) in [5.74, 6) is 2.73. The number of likely N-dealkylation sites (tertiary alicyclic amines) is 1. The smallest absolute Gasteiger partial charge is 0.222 e. The lowest BCUT2D eigenvalue weighted by molar-refractivity contribution is -0.131. The first-order chi connectivity index (χ1) is 10.8. The molecule has 1 aromatic rings. The van der Waals surface area contributed by atoms with E-state index >= 15 is 0 Å². The number of carbonyl (C=O) groups excluding carboxylic acids is 1. The number of benzene rings is 1. The van der Waals surface area contributed by atoms with E-state index in [1.807, 2.05) is 24.3 Å². The second-order valence-electron chi connectivity index (χ2n) is 6.48. The molecule has 0 spiro atoms. The van der Waals surface area contributed by atoms with Crippen molar-refractivity contribution in [3.05, 3.63) is 29.8 Å². The van der Waals surface area contributed by atoms with Crippen molar-refractivity contribution in [2.45, 2.75) is 25.7 Å². The van der Waals surface area contributed by atoms with Crippen LogP contribution in [0.1, 0.15) is 24.8 Å². The van der Waals surface area contributed by atoms with Crippen molar-refractivity contribution in [2.75, 3.05) is 33.3 Å². The van der Waals surface area contributed by atoms with E-state index in [-0.39, 0.29) is 0 Å². The molecule has 1 N–H and O–H groups in total. The number of nitrogens with one attached hydrogen (secondary N) is 1. The normalized spacial score (nSPS) is 24.7. The molecule has 0 radical (unpaired) electrons. The zero-order valence-corrected chi connectivity index (χ0v) is 13.4. The van der Waals surface area contributed by atoms with Gasteiger partial charge in [-0.2, -0.15) is 0 Å². The summed E-state index contributed by atoms with van der Waals surface area (Å²) >= 11 is 0. The van der Waals surface area contributed by atoms with Crippen molar-refractivity contribution < 1.29 is 9.53 Å². The first-order valence-electron chi connectivity index (χ1n) is 8.37. The summed E-state index contributed by atoms with van der Waals surface area (Å²) in [5.41, 5.74) is 1.20. The van der Waals surface area contributed by atoms with Crippen LogP contribution in [0.5, 0.6) is 5.75 Å². The molecule has 4 nitrogen and oxygen atoms in total. The summed E-state index contributed by atoms with van der Waals surface area (Å²) in [4.78, 5) is 14.5. The third-order valence-corrected chi connectivity index (χ3v) is 5.16. The molecule has 22 heavy (non-hydrogen) atoms. The monoisotopic (exact) mass is 302 g/mol. The predicted molar refractivity (Wildman–Crippen MR) is 87.0 cm³/mol. The number of carbonyl (C=O) groups is 1. The highest BCUT2D eigenvalue weighted by Gasteiger charge is 2.31. The van der Waals surface area contributed by atoms with E-state index in [0.717, 1.165) is 63.0 Å². The lowest BCUT2D eigenvalue weighted by atomic mass is 9.92. The lowest BCUT2D eigenvalue weighted by Gasteiger charge is -2.21. The number of methoxy groups -OCH3 is 1. The molecular formula is C18H26N2O2. The van der Waals surface area contributed by atoms with E-state index in [9.17, 15) is 4.79 Å². The minimum Gasteiger partial charge on any atom is -0.497 e. The van der Waals surface area contributed by atoms with Crippen molar-refractivity contribution in [3.63, 3.8) is 0 Å². The van der Waals surface area contributed by atoms with Gasteiger partial charge in [0.15, 0.2) is 0 Å². The molecule has 2 fully saturated rings. The molecule has 2 aliphatic heterocycles. The maximum atomic E-state index is 12.5. The fraction of sp³-hybridized carbons (Fsp3) is 0.611. The van der Waals surface area contributed by atoms with Gasteiger partial charge in [-0.3, -0.25) is 4.79 Å². The SMILES string of the molecule is COc1ccc(CCC(=O)N2CC[C@@H]3CNC[C@@H]3CC2)cc1. The Balaban J connectivity index is 1.48. The van der Waals surface area contributed by atoms with Crippen LogP contribution in [0.25, 0.3) is 0 Å². The van der Waals surface area contributed by atoms with Gasteiger partial charge in [0, 0.05) is 19.5 Å². The number of hydrogen-bond acceptors (Lipinski definition) is 3. The number of fused-ring (bicyclic) bond motifs is 1. The minimum atomic E-state index is 0.309. The van der Waals surface area contributed by atoms with Crippen molar-refractivity contribution in [1.82, 2.24) is 10.2 Å². The quantitative estimate of drug-likeness (QED) is 0.926. The summed E-state index contributed by atoms with van der Waals surface area (Å²) in [7, 11) is 1.67. The topological polar surface area (TPSA) is 41.6 Å². The second kappa shape index (κ2) is 7.14. The maximum absolute atomic E-state index is 12.5. The molecule has 3 rings (SSSR count). The first kappa shape index (κ1) is 15.3. The number of rotatable bonds is 4. The van der Waals surface area contributed by atoms with E-state index in [1.54, 1.807) is 7.11 Å². The zero-order chi connectivity index (χ0) is 15.4. The number of aryl methyl sites for hydroxylation is 1. The lowest BCUT2D eigenvalue weighted by Crippen LogP contribution is -2.32. The summed E-state index contributed by atoms with van der Waals surface area (Å²) in [6.07, 6.45) is 3.74. The molecule has 4 heteroatoms. The fourth-order valence-electron chi connectivity index (χ4n) is 3.67. The summed E-state index contributed by atoms with van der Waals surface area (Å²) in [6.45, 7) is 4.14. The van der Waals surface area contributed by atoms with Gasteiger partial charge < -0.3 is 15.0 Å². The molecule has 0 aromatic heterocycles. The van der Waals surface area contributed by atoms with Crippen LogP contribution in [-0.2, 0) is 11.2 Å². The molecule has 2 saturated heterocycles. The largest absolute Gasteiger partial charge is 0.497 e. The van der Waals surface area contributed by atoms with Crippen LogP contribution < -0.4 is 10.1 Å². The summed E-state index contributed by atoms with van der Waals surface area (Å²) in [6, 6.07) is 8.01. The molecule has 0 saturated carbocycles. The standard InChI is InChI=1S/C18H26N2O2/c1-22-17-5-2-14(3-6-17)4-7-18(21)20-10-8-15-12-19-13-16(15)9-11-20/h2-3,5-6,15-16,19H,4,7-13H2,1H3/t15-,16+. The van der Waals surface area contributed by atoms with Gasteiger partial charge in [-0.15, -0.1) is 0 Å². The number of amides is 1. The molecule has 2 aliphatic rings. The molecule has 0 unspecified atom stereocenters. The first-order valence-corrected chi connectivity index (χ1v) is 8.37. The van der Waals surface area contributed by atoms with Gasteiger partial charge >= 0.3 is 0 Å². The molecule has 1 amide bonds. The van der Waals surface area contributed by atoms with Crippen molar-refractivity contribution in [1.29, 1.82) is 0 Å². The van der Waals surface area contributed by atoms with Crippen LogP contribution in [0.4, 0.5) is 0 Å². The molecule has 0 bridgehead atoms. The third kappa shape index (κ3) is 3.61. The average molecular weight is 302 g/mol. The van der Waals surface area contributed by atoms with Crippen LogP contribution in [0, 0.1) is 11.8 Å². The Morgan fingerprint density at radius 3 is 2.41 bits per heavy atom. The van der Waals surface area contributed by atoms with Crippen molar-refractivity contribution in [2.24, 2.45) is 11.8 Å². The Bertz CT molecular complexity index is 486. The van der Waals surface area contributed by atoms with Gasteiger partial charge in [0.2, 0.25) is 5.91 Å². The molecule has 2 atom stereocenters. The van der Waals surface area contributed by atoms with E-state index in [2.05, 4.69) is 10.2 Å². The van der Waals surface area contributed by atoms with E-state index in [4.69, 9.17) is 4.74 Å². The highest BCUT2D eigenvalue weighted by molar-refractivity contribution is 5.76. The Morgan fingerprint density at radius 1 is 1.18 bits per heavy atom. The van der Waals surface area contributed by atoms with Crippen molar-refractivity contribution >= 4 is 5.91 Å². The van der Waals surface area contributed by atoms with Crippen LogP contribution >= 0.6 is 0 Å². The molecular weight excluding hydrogens is 276 g/mol. The van der Waals surface area contributed by atoms with E-state index < -0.39 is 0 Å². The van der Waals surface area contributed by atoms with E-state index in [0.29, 0.717) is 12.3 Å². The third-order valence-electron chi connectivity index (χ3n) is 5.16. The summed E-state index contributed by atoms with van der Waals surface area (Å²) in [5, 5.41) is 3.48. The number of nitrogens with zero attached hydrogens (tertiary/aromatic N) is 1. The molecule has 1 aromatic carbocycles. The van der Waals surface area contributed by atoms with Crippen molar-refractivity contribution in [3.8, 4) is 5.75 Å². The van der Waals surface area contributed by atoms with Crippen LogP contribution in [0.2, 0.25) is 0 Å². The van der Waals surface area contributed by atoms with Gasteiger partial charge in [0.05, 0.1) is 7.11 Å². The van der Waals surface area contributed by atoms with Gasteiger partial charge in [-0.1, -0.05) is 12.1 Å². The molecule has 2 heterocycles. The van der Waals surface area contributed by atoms with Gasteiger partial charge in [-0.25, -0.2) is 0 Å². The van der Waals surface area contributed by atoms with Crippen LogP contribution in [0.15, 0.2) is 24.3 Å². The minimum absolute atomic E-state index is 0.309. The summed E-state index contributed by atoms with van der Waals surface area (Å²) < 4.78 is 5.16. The zero-order valence-electron chi connectivity index (χ0n) is 13.4. The second-order valence-corrected chi connectivity index (χ2v) is 6.48. The van der Waals surface area contributed by atoms with Gasteiger partial charge in [0.1, 0.15) is 5.75 Å². The van der Waals surface area contributed by atoms with Gasteiger partial charge in [0.25, 0.3) is 0 Å². The maximum Gasteiger partial charge on any atom is 0.222 e. The van der Waals surface area contributed by atoms with Gasteiger partial charge in [-0.05, 0) is 61.9 Å². The predicted octanol–water partition coefficient (Wildman–Crippen LogP) is 2.09. The highest BCUT2D eigenvalue weighted by Crippen LogP contribution is 2.27. The Morgan fingerprint density at radius 2 is 1.82 bits per heavy atom. The average Bonchev–Trinajstić information content (AvgIpc) is 2.91. The van der Waals surface area contributed by atoms with Crippen LogP contribution in [-0.4, -0.2) is 44.1 Å². The Kier molecular flexibility index (Phi) is 4.98. The fourth-order valence-corrected chi connectivity index (χ4v) is 3.67. The molecule has 0 aliphatic carbocycles.